The third-order valence-corrected chi connectivity index (χ3v) is 4.89. The van der Waals surface area contributed by atoms with Crippen LogP contribution < -0.4 is 23.7 Å². The quantitative estimate of drug-likeness (QED) is 0.717. The van der Waals surface area contributed by atoms with Crippen LogP contribution in [0.15, 0.2) is 30.3 Å². The zero-order valence-electron chi connectivity index (χ0n) is 16.7. The van der Waals surface area contributed by atoms with Crippen LogP contribution in [0.5, 0.6) is 28.7 Å². The molecule has 27 heavy (non-hydrogen) atoms. The molecule has 2 aromatic carbocycles. The van der Waals surface area contributed by atoms with Crippen molar-refractivity contribution >= 4 is 6.08 Å². The van der Waals surface area contributed by atoms with Gasteiger partial charge < -0.3 is 23.7 Å². The van der Waals surface area contributed by atoms with Gasteiger partial charge in [0.15, 0.2) is 23.0 Å². The average Bonchev–Trinajstić information content (AvgIpc) is 3.03. The van der Waals surface area contributed by atoms with Gasteiger partial charge in [0.25, 0.3) is 0 Å². The first kappa shape index (κ1) is 19.0. The molecule has 5 heteroatoms. The maximum absolute atomic E-state index is 6.33. The highest BCUT2D eigenvalue weighted by Gasteiger charge is 2.36. The highest BCUT2D eigenvalue weighted by atomic mass is 16.5. The summed E-state index contributed by atoms with van der Waals surface area (Å²) in [5.74, 6) is 3.46. The highest BCUT2D eigenvalue weighted by molar-refractivity contribution is 5.62. The van der Waals surface area contributed by atoms with Crippen LogP contribution in [0.25, 0.3) is 6.08 Å². The van der Waals surface area contributed by atoms with Crippen LogP contribution in [0.3, 0.4) is 0 Å². The molecule has 2 atom stereocenters. The Balaban J connectivity index is 2.07. The van der Waals surface area contributed by atoms with Gasteiger partial charge in [-0.1, -0.05) is 19.1 Å². The van der Waals surface area contributed by atoms with Crippen molar-refractivity contribution in [3.05, 3.63) is 47.0 Å². The van der Waals surface area contributed by atoms with E-state index in [1.807, 2.05) is 31.2 Å². The van der Waals surface area contributed by atoms with Gasteiger partial charge in [0.2, 0.25) is 5.75 Å². The molecule has 0 saturated heterocycles. The summed E-state index contributed by atoms with van der Waals surface area (Å²) in [6.07, 6.45) is 3.89. The number of methoxy groups -OCH3 is 4. The molecule has 5 nitrogen and oxygen atoms in total. The molecule has 0 amide bonds. The molecular weight excluding hydrogens is 344 g/mol. The topological polar surface area (TPSA) is 46.2 Å². The smallest absolute Gasteiger partial charge is 0.203 e. The third kappa shape index (κ3) is 3.29. The summed E-state index contributed by atoms with van der Waals surface area (Å²) in [5, 5.41) is 0. The minimum atomic E-state index is -0.177. The molecule has 2 unspecified atom stereocenters. The van der Waals surface area contributed by atoms with Crippen molar-refractivity contribution in [2.45, 2.75) is 25.9 Å². The summed E-state index contributed by atoms with van der Waals surface area (Å²) in [6, 6.07) is 8.02. The van der Waals surface area contributed by atoms with Gasteiger partial charge in [0, 0.05) is 17.0 Å². The van der Waals surface area contributed by atoms with E-state index in [4.69, 9.17) is 23.7 Å². The van der Waals surface area contributed by atoms with E-state index in [9.17, 15) is 0 Å². The molecular formula is C22H26O5. The predicted octanol–water partition coefficient (Wildman–Crippen LogP) is 4.99. The fraction of sp³-hybridized carbons (Fsp3) is 0.364. The van der Waals surface area contributed by atoms with Crippen LogP contribution in [0.4, 0.5) is 0 Å². The Morgan fingerprint density at radius 1 is 0.852 bits per heavy atom. The first-order valence-electron chi connectivity index (χ1n) is 8.89. The fourth-order valence-electron chi connectivity index (χ4n) is 3.57. The van der Waals surface area contributed by atoms with Gasteiger partial charge in [-0.05, 0) is 36.8 Å². The number of rotatable bonds is 6. The Hall–Kier alpha value is -2.82. The van der Waals surface area contributed by atoms with Gasteiger partial charge >= 0.3 is 0 Å². The Morgan fingerprint density at radius 2 is 1.48 bits per heavy atom. The maximum atomic E-state index is 6.33. The van der Waals surface area contributed by atoms with Crippen molar-refractivity contribution < 1.29 is 23.7 Å². The predicted molar refractivity (Wildman–Crippen MR) is 106 cm³/mol. The molecule has 0 radical (unpaired) electrons. The van der Waals surface area contributed by atoms with Gasteiger partial charge in [-0.25, -0.2) is 0 Å². The summed E-state index contributed by atoms with van der Waals surface area (Å²) in [5.41, 5.74) is 3.18. The molecule has 0 fully saturated rings. The molecule has 1 heterocycles. The Kier molecular flexibility index (Phi) is 5.49. The lowest BCUT2D eigenvalue weighted by atomic mass is 9.91. The fourth-order valence-corrected chi connectivity index (χ4v) is 3.57. The van der Waals surface area contributed by atoms with Crippen molar-refractivity contribution in [1.29, 1.82) is 0 Å². The van der Waals surface area contributed by atoms with Crippen LogP contribution in [0.2, 0.25) is 0 Å². The molecule has 2 aromatic rings. The SMILES string of the molecule is CC=Cc1cc(OC)c2c(c1)C(C)C(c1cc(OC)c(OC)c(OC)c1)O2. The average molecular weight is 370 g/mol. The first-order chi connectivity index (χ1) is 13.1. The first-order valence-corrected chi connectivity index (χ1v) is 8.89. The van der Waals surface area contributed by atoms with Gasteiger partial charge in [0.1, 0.15) is 6.10 Å². The van der Waals surface area contributed by atoms with Gasteiger partial charge in [-0.2, -0.15) is 0 Å². The number of hydrogen-bond acceptors (Lipinski definition) is 5. The van der Waals surface area contributed by atoms with Gasteiger partial charge in [0.05, 0.1) is 28.4 Å². The van der Waals surface area contributed by atoms with Crippen molar-refractivity contribution in [3.8, 4) is 28.7 Å². The van der Waals surface area contributed by atoms with E-state index < -0.39 is 0 Å². The zero-order chi connectivity index (χ0) is 19.6. The van der Waals surface area contributed by atoms with E-state index in [1.54, 1.807) is 28.4 Å². The number of allylic oxidation sites excluding steroid dienone is 1. The molecule has 0 bridgehead atoms. The summed E-state index contributed by atoms with van der Waals surface area (Å²) in [7, 11) is 6.48. The molecule has 0 aliphatic carbocycles. The molecule has 0 saturated carbocycles. The standard InChI is InChI=1S/C22H26O5/c1-7-8-14-9-16-13(2)20(27-21(16)17(10-14)23-3)15-11-18(24-4)22(26-6)19(12-15)25-5/h7-13,20H,1-6H3. The Bertz CT molecular complexity index is 831. The number of hydrogen-bond donors (Lipinski definition) is 0. The second-order valence-electron chi connectivity index (χ2n) is 6.43. The maximum Gasteiger partial charge on any atom is 0.203 e. The molecule has 1 aliphatic rings. The lowest BCUT2D eigenvalue weighted by Crippen LogP contribution is -2.08. The van der Waals surface area contributed by atoms with Crippen molar-refractivity contribution in [3.63, 3.8) is 0 Å². The second kappa shape index (κ2) is 7.82. The number of fused-ring (bicyclic) bond motifs is 1. The summed E-state index contributed by atoms with van der Waals surface area (Å²) in [4.78, 5) is 0. The van der Waals surface area contributed by atoms with E-state index in [0.717, 1.165) is 28.2 Å². The lowest BCUT2D eigenvalue weighted by Gasteiger charge is -2.20. The summed E-state index contributed by atoms with van der Waals surface area (Å²) < 4.78 is 28.3. The minimum Gasteiger partial charge on any atom is -0.493 e. The monoisotopic (exact) mass is 370 g/mol. The molecule has 0 spiro atoms. The molecule has 3 rings (SSSR count). The van der Waals surface area contributed by atoms with Crippen LogP contribution >= 0.6 is 0 Å². The zero-order valence-corrected chi connectivity index (χ0v) is 16.7. The lowest BCUT2D eigenvalue weighted by molar-refractivity contribution is 0.207. The van der Waals surface area contributed by atoms with Crippen LogP contribution in [-0.4, -0.2) is 28.4 Å². The molecule has 144 valence electrons. The Labute approximate surface area is 160 Å². The van der Waals surface area contributed by atoms with Gasteiger partial charge in [-0.15, -0.1) is 0 Å². The normalized spacial score (nSPS) is 18.1. The third-order valence-electron chi connectivity index (χ3n) is 4.89. The van der Waals surface area contributed by atoms with E-state index in [1.165, 1.54) is 0 Å². The Morgan fingerprint density at radius 3 is 2.00 bits per heavy atom. The molecule has 0 aromatic heterocycles. The number of benzene rings is 2. The van der Waals surface area contributed by atoms with Crippen LogP contribution in [0, 0.1) is 0 Å². The van der Waals surface area contributed by atoms with E-state index >= 15 is 0 Å². The highest BCUT2D eigenvalue weighted by Crippen LogP contribution is 2.52. The van der Waals surface area contributed by atoms with E-state index in [-0.39, 0.29) is 12.0 Å². The van der Waals surface area contributed by atoms with Crippen molar-refractivity contribution in [2.24, 2.45) is 0 Å². The summed E-state index contributed by atoms with van der Waals surface area (Å²) in [6.45, 7) is 4.15. The summed E-state index contributed by atoms with van der Waals surface area (Å²) >= 11 is 0. The largest absolute Gasteiger partial charge is 0.493 e. The number of ether oxygens (including phenoxy) is 5. The van der Waals surface area contributed by atoms with Crippen LogP contribution in [0.1, 0.15) is 42.6 Å². The van der Waals surface area contributed by atoms with E-state index in [2.05, 4.69) is 19.1 Å². The van der Waals surface area contributed by atoms with Crippen molar-refractivity contribution in [2.75, 3.05) is 28.4 Å². The van der Waals surface area contributed by atoms with Crippen molar-refractivity contribution in [1.82, 2.24) is 0 Å². The van der Waals surface area contributed by atoms with Crippen LogP contribution in [-0.2, 0) is 0 Å². The van der Waals surface area contributed by atoms with Gasteiger partial charge in [-0.3, -0.25) is 0 Å². The minimum absolute atomic E-state index is 0.141. The molecule has 0 N–H and O–H groups in total. The molecule has 1 aliphatic heterocycles. The van der Waals surface area contributed by atoms with E-state index in [0.29, 0.717) is 17.2 Å². The second-order valence-corrected chi connectivity index (χ2v) is 6.43.